The molecule has 0 aliphatic rings. The zero-order valence-corrected chi connectivity index (χ0v) is 11.4. The second kappa shape index (κ2) is 5.50. The quantitative estimate of drug-likeness (QED) is 0.670. The number of hydrogen-bond acceptors (Lipinski definition) is 4. The second-order valence-corrected chi connectivity index (χ2v) is 4.49. The molecule has 100 valence electrons. The van der Waals surface area contributed by atoms with E-state index in [0.29, 0.717) is 17.2 Å². The molecule has 1 aromatic heterocycles. The first-order valence-electron chi connectivity index (χ1n) is 5.86. The van der Waals surface area contributed by atoms with E-state index in [2.05, 4.69) is 15.4 Å². The number of nitrogens with two attached hydrogens (primary N) is 1. The van der Waals surface area contributed by atoms with Gasteiger partial charge in [0.1, 0.15) is 11.6 Å². The van der Waals surface area contributed by atoms with Crippen molar-refractivity contribution >= 4 is 17.4 Å². The first-order valence-corrected chi connectivity index (χ1v) is 6.24. The third-order valence-corrected chi connectivity index (χ3v) is 3.19. The monoisotopic (exact) mass is 280 g/mol. The van der Waals surface area contributed by atoms with Crippen LogP contribution in [0.2, 0.25) is 5.02 Å². The van der Waals surface area contributed by atoms with E-state index in [1.807, 2.05) is 13.8 Å². The van der Waals surface area contributed by atoms with Crippen molar-refractivity contribution in [2.45, 2.75) is 20.3 Å². The van der Waals surface area contributed by atoms with Crippen molar-refractivity contribution in [3.8, 4) is 11.4 Å². The maximum absolute atomic E-state index is 13.5. The molecule has 19 heavy (non-hydrogen) atoms. The molecule has 0 amide bonds. The van der Waals surface area contributed by atoms with Crippen LogP contribution in [0.3, 0.4) is 0 Å². The predicted molar refractivity (Wildman–Crippen MR) is 74.4 cm³/mol. The fraction of sp³-hybridized carbons (Fsp3) is 0.231. The molecule has 3 N–H and O–H groups in total. The molecule has 1 aromatic carbocycles. The fourth-order valence-corrected chi connectivity index (χ4v) is 2.02. The van der Waals surface area contributed by atoms with Crippen LogP contribution in [0.25, 0.3) is 11.4 Å². The van der Waals surface area contributed by atoms with Crippen molar-refractivity contribution in [1.82, 2.24) is 9.97 Å². The fourth-order valence-electron chi connectivity index (χ4n) is 1.90. The number of hydrazine groups is 1. The van der Waals surface area contributed by atoms with Crippen LogP contribution in [0.15, 0.2) is 18.2 Å². The Balaban J connectivity index is 2.56. The minimum atomic E-state index is -0.498. The SMILES string of the molecule is CCc1c(C)nc(-c2ccc(Cl)c(F)c2)nc1NN. The minimum Gasteiger partial charge on any atom is -0.308 e. The highest BCUT2D eigenvalue weighted by Crippen LogP contribution is 2.25. The maximum Gasteiger partial charge on any atom is 0.161 e. The number of hydrogen-bond donors (Lipinski definition) is 2. The predicted octanol–water partition coefficient (Wildman–Crippen LogP) is 3.09. The summed E-state index contributed by atoms with van der Waals surface area (Å²) < 4.78 is 13.5. The van der Waals surface area contributed by atoms with Crippen molar-refractivity contribution in [2.75, 3.05) is 5.43 Å². The van der Waals surface area contributed by atoms with Crippen molar-refractivity contribution < 1.29 is 4.39 Å². The van der Waals surface area contributed by atoms with Gasteiger partial charge in [-0.3, -0.25) is 0 Å². The van der Waals surface area contributed by atoms with Gasteiger partial charge in [-0.2, -0.15) is 0 Å². The molecule has 1 heterocycles. The largest absolute Gasteiger partial charge is 0.308 e. The van der Waals surface area contributed by atoms with E-state index in [0.717, 1.165) is 17.7 Å². The molecule has 0 saturated heterocycles. The van der Waals surface area contributed by atoms with Gasteiger partial charge in [0, 0.05) is 16.8 Å². The molecular weight excluding hydrogens is 267 g/mol. The number of aryl methyl sites for hydroxylation is 1. The van der Waals surface area contributed by atoms with Gasteiger partial charge < -0.3 is 5.43 Å². The Morgan fingerprint density at radius 1 is 1.37 bits per heavy atom. The summed E-state index contributed by atoms with van der Waals surface area (Å²) in [5.74, 6) is 5.93. The van der Waals surface area contributed by atoms with Gasteiger partial charge in [-0.05, 0) is 31.5 Å². The molecule has 0 aliphatic carbocycles. The summed E-state index contributed by atoms with van der Waals surface area (Å²) in [4.78, 5) is 8.68. The normalized spacial score (nSPS) is 10.6. The van der Waals surface area contributed by atoms with Gasteiger partial charge in [0.2, 0.25) is 0 Å². The van der Waals surface area contributed by atoms with Crippen molar-refractivity contribution in [1.29, 1.82) is 0 Å². The van der Waals surface area contributed by atoms with Gasteiger partial charge in [0.25, 0.3) is 0 Å². The highest BCUT2D eigenvalue weighted by molar-refractivity contribution is 6.30. The van der Waals surface area contributed by atoms with E-state index >= 15 is 0 Å². The summed E-state index contributed by atoms with van der Waals surface area (Å²) in [5.41, 5.74) is 4.87. The highest BCUT2D eigenvalue weighted by atomic mass is 35.5. The number of benzene rings is 1. The Labute approximate surface area is 115 Å². The topological polar surface area (TPSA) is 63.8 Å². The van der Waals surface area contributed by atoms with Crippen LogP contribution in [-0.2, 0) is 6.42 Å². The summed E-state index contributed by atoms with van der Waals surface area (Å²) in [6, 6.07) is 4.46. The van der Waals surface area contributed by atoms with Gasteiger partial charge in [-0.1, -0.05) is 18.5 Å². The highest BCUT2D eigenvalue weighted by Gasteiger charge is 2.12. The Bertz CT molecular complexity index is 616. The summed E-state index contributed by atoms with van der Waals surface area (Å²) in [5, 5.41) is 0.0721. The van der Waals surface area contributed by atoms with Crippen LogP contribution < -0.4 is 11.3 Å². The molecule has 0 atom stereocenters. The van der Waals surface area contributed by atoms with Crippen LogP contribution >= 0.6 is 11.6 Å². The third kappa shape index (κ3) is 2.67. The van der Waals surface area contributed by atoms with E-state index in [4.69, 9.17) is 17.4 Å². The third-order valence-electron chi connectivity index (χ3n) is 2.88. The Hall–Kier alpha value is -1.72. The van der Waals surface area contributed by atoms with E-state index in [1.165, 1.54) is 12.1 Å². The molecule has 0 aliphatic heterocycles. The molecule has 0 saturated carbocycles. The molecule has 4 nitrogen and oxygen atoms in total. The van der Waals surface area contributed by atoms with Crippen molar-refractivity contribution in [2.24, 2.45) is 5.84 Å². The van der Waals surface area contributed by atoms with Crippen LogP contribution in [-0.4, -0.2) is 9.97 Å². The Morgan fingerprint density at radius 3 is 2.68 bits per heavy atom. The van der Waals surface area contributed by atoms with E-state index in [1.54, 1.807) is 6.07 Å². The molecular formula is C13H14ClFN4. The first kappa shape index (κ1) is 13.7. The number of nitrogens with one attached hydrogen (secondary N) is 1. The Morgan fingerprint density at radius 2 is 2.11 bits per heavy atom. The average Bonchev–Trinajstić information content (AvgIpc) is 2.40. The number of rotatable bonds is 3. The Kier molecular flexibility index (Phi) is 3.97. The number of halogens is 2. The average molecular weight is 281 g/mol. The van der Waals surface area contributed by atoms with Gasteiger partial charge in [0.15, 0.2) is 5.82 Å². The van der Waals surface area contributed by atoms with Gasteiger partial charge in [-0.15, -0.1) is 0 Å². The number of aromatic nitrogens is 2. The molecule has 0 bridgehead atoms. The summed E-state index contributed by atoms with van der Waals surface area (Å²) >= 11 is 5.66. The van der Waals surface area contributed by atoms with Gasteiger partial charge >= 0.3 is 0 Å². The molecule has 0 unspecified atom stereocenters. The van der Waals surface area contributed by atoms with Gasteiger partial charge in [0.05, 0.1) is 5.02 Å². The van der Waals surface area contributed by atoms with Gasteiger partial charge in [-0.25, -0.2) is 20.2 Å². The standard InChI is InChI=1S/C13H14ClFN4/c1-3-9-7(2)17-12(18-13(9)19-16)8-4-5-10(14)11(15)6-8/h4-6H,3,16H2,1-2H3,(H,17,18,19). The smallest absolute Gasteiger partial charge is 0.161 e. The molecule has 0 spiro atoms. The summed E-state index contributed by atoms with van der Waals surface area (Å²) in [6.45, 7) is 3.87. The summed E-state index contributed by atoms with van der Waals surface area (Å²) in [6.07, 6.45) is 0.765. The van der Waals surface area contributed by atoms with E-state index in [9.17, 15) is 4.39 Å². The lowest BCUT2D eigenvalue weighted by Gasteiger charge is -2.11. The molecule has 6 heteroatoms. The first-order chi connectivity index (χ1) is 9.06. The molecule has 2 aromatic rings. The number of anilines is 1. The zero-order chi connectivity index (χ0) is 14.0. The van der Waals surface area contributed by atoms with E-state index in [-0.39, 0.29) is 5.02 Å². The lowest BCUT2D eigenvalue weighted by molar-refractivity contribution is 0.628. The molecule has 0 fully saturated rings. The van der Waals surface area contributed by atoms with Crippen LogP contribution in [0.4, 0.5) is 10.2 Å². The molecule has 0 radical (unpaired) electrons. The van der Waals surface area contributed by atoms with Crippen molar-refractivity contribution in [3.05, 3.63) is 40.3 Å². The lowest BCUT2D eigenvalue weighted by atomic mass is 10.1. The number of nitrogens with zero attached hydrogens (tertiary/aromatic N) is 2. The van der Waals surface area contributed by atoms with Crippen molar-refractivity contribution in [3.63, 3.8) is 0 Å². The number of nitrogen functional groups attached to an aromatic ring is 1. The lowest BCUT2D eigenvalue weighted by Crippen LogP contribution is -2.13. The maximum atomic E-state index is 13.5. The summed E-state index contributed by atoms with van der Waals surface area (Å²) in [7, 11) is 0. The van der Waals surface area contributed by atoms with Crippen LogP contribution in [0.1, 0.15) is 18.2 Å². The van der Waals surface area contributed by atoms with E-state index < -0.39 is 5.82 Å². The second-order valence-electron chi connectivity index (χ2n) is 4.09. The van der Waals surface area contributed by atoms with Crippen LogP contribution in [0, 0.1) is 12.7 Å². The van der Waals surface area contributed by atoms with Crippen LogP contribution in [0.5, 0.6) is 0 Å². The minimum absolute atomic E-state index is 0.0721. The zero-order valence-electron chi connectivity index (χ0n) is 10.7. The molecule has 2 rings (SSSR count).